The number of oxazole rings is 1. The summed E-state index contributed by atoms with van der Waals surface area (Å²) in [5.74, 6) is 0.185. The summed E-state index contributed by atoms with van der Waals surface area (Å²) in [5.41, 5.74) is 3.02. The van der Waals surface area contributed by atoms with Crippen LogP contribution in [0.25, 0.3) is 22.1 Å². The van der Waals surface area contributed by atoms with Crippen molar-refractivity contribution >= 4 is 28.1 Å². The van der Waals surface area contributed by atoms with Crippen LogP contribution in [-0.2, 0) is 0 Å². The van der Waals surface area contributed by atoms with Crippen LogP contribution in [0.5, 0.6) is 0 Å². The number of amides is 1. The number of hydrogen-bond acceptors (Lipinski definition) is 5. The van der Waals surface area contributed by atoms with Gasteiger partial charge in [0.2, 0.25) is 0 Å². The fourth-order valence-electron chi connectivity index (χ4n) is 4.21. The first-order valence-electron chi connectivity index (χ1n) is 11.0. The maximum Gasteiger partial charge on any atom is 0.278 e. The van der Waals surface area contributed by atoms with Crippen LogP contribution in [0.15, 0.2) is 77.5 Å². The predicted octanol–water partition coefficient (Wildman–Crippen LogP) is 4.89. The molecule has 0 atom stereocenters. The van der Waals surface area contributed by atoms with Gasteiger partial charge >= 0.3 is 0 Å². The third kappa shape index (κ3) is 4.09. The van der Waals surface area contributed by atoms with E-state index in [2.05, 4.69) is 45.2 Å². The van der Waals surface area contributed by atoms with Crippen molar-refractivity contribution in [1.82, 2.24) is 9.88 Å². The van der Waals surface area contributed by atoms with Crippen LogP contribution in [0.4, 0.5) is 11.4 Å². The lowest BCUT2D eigenvalue weighted by Gasteiger charge is -2.35. The molecule has 0 saturated carbocycles. The summed E-state index contributed by atoms with van der Waals surface area (Å²) >= 11 is 0. The number of benzene rings is 3. The smallest absolute Gasteiger partial charge is 0.278 e. The van der Waals surface area contributed by atoms with Crippen molar-refractivity contribution in [3.05, 3.63) is 78.8 Å². The molecule has 0 aliphatic carbocycles. The average Bonchev–Trinajstić information content (AvgIpc) is 3.35. The highest BCUT2D eigenvalue weighted by atomic mass is 16.3. The van der Waals surface area contributed by atoms with Crippen LogP contribution in [0.3, 0.4) is 0 Å². The van der Waals surface area contributed by atoms with Crippen LogP contribution in [0.1, 0.15) is 17.4 Å². The van der Waals surface area contributed by atoms with Crippen molar-refractivity contribution in [3.8, 4) is 11.3 Å². The van der Waals surface area contributed by atoms with E-state index < -0.39 is 0 Å². The van der Waals surface area contributed by atoms with Gasteiger partial charge in [-0.25, -0.2) is 4.98 Å². The third-order valence-electron chi connectivity index (χ3n) is 6.10. The van der Waals surface area contributed by atoms with E-state index >= 15 is 0 Å². The lowest BCUT2D eigenvalue weighted by molar-refractivity contribution is 0.102. The van der Waals surface area contributed by atoms with Gasteiger partial charge in [0, 0.05) is 43.1 Å². The monoisotopic (exact) mass is 426 g/mol. The fourth-order valence-corrected chi connectivity index (χ4v) is 4.21. The van der Waals surface area contributed by atoms with Crippen molar-refractivity contribution in [3.63, 3.8) is 0 Å². The van der Waals surface area contributed by atoms with E-state index in [1.165, 1.54) is 12.1 Å². The normalized spacial score (nSPS) is 14.6. The Morgan fingerprint density at radius 3 is 2.47 bits per heavy atom. The van der Waals surface area contributed by atoms with Gasteiger partial charge in [0.25, 0.3) is 5.91 Å². The molecule has 6 heteroatoms. The molecule has 1 aliphatic rings. The summed E-state index contributed by atoms with van der Waals surface area (Å²) in [6.45, 7) is 7.51. The molecule has 162 valence electrons. The molecule has 5 rings (SSSR count). The Kier molecular flexibility index (Phi) is 5.60. The number of likely N-dealkylation sites (N-methyl/N-ethyl adjacent to an activating group) is 1. The van der Waals surface area contributed by atoms with Crippen LogP contribution < -0.4 is 10.2 Å². The van der Waals surface area contributed by atoms with Gasteiger partial charge < -0.3 is 19.5 Å². The van der Waals surface area contributed by atoms with Crippen LogP contribution in [0, 0.1) is 0 Å². The number of aromatic nitrogens is 1. The second kappa shape index (κ2) is 8.85. The van der Waals surface area contributed by atoms with Gasteiger partial charge in [-0.1, -0.05) is 43.3 Å². The molecule has 1 fully saturated rings. The number of fused-ring (bicyclic) bond motifs is 1. The largest absolute Gasteiger partial charge is 0.443 e. The number of rotatable bonds is 5. The van der Waals surface area contributed by atoms with Gasteiger partial charge in [0.1, 0.15) is 0 Å². The molecule has 1 amide bonds. The molecular weight excluding hydrogens is 400 g/mol. The quantitative estimate of drug-likeness (QED) is 0.492. The number of anilines is 2. The second-order valence-corrected chi connectivity index (χ2v) is 8.01. The molecule has 1 aromatic heterocycles. The molecule has 0 unspecified atom stereocenters. The number of piperazine rings is 1. The van der Waals surface area contributed by atoms with Crippen molar-refractivity contribution in [1.29, 1.82) is 0 Å². The van der Waals surface area contributed by atoms with E-state index in [9.17, 15) is 4.79 Å². The van der Waals surface area contributed by atoms with Crippen molar-refractivity contribution in [2.75, 3.05) is 42.9 Å². The first-order valence-corrected chi connectivity index (χ1v) is 11.0. The van der Waals surface area contributed by atoms with Crippen LogP contribution >= 0.6 is 0 Å². The van der Waals surface area contributed by atoms with Crippen LogP contribution in [-0.4, -0.2) is 48.5 Å². The van der Waals surface area contributed by atoms with E-state index in [-0.39, 0.29) is 11.6 Å². The minimum absolute atomic E-state index is 0.278. The molecule has 4 aromatic rings. The first kappa shape index (κ1) is 20.3. The molecule has 0 spiro atoms. The summed E-state index contributed by atoms with van der Waals surface area (Å²) in [4.78, 5) is 22.0. The Hall–Kier alpha value is -3.64. The Bertz CT molecular complexity index is 1220. The Labute approximate surface area is 187 Å². The Balaban J connectivity index is 1.30. The molecule has 1 saturated heterocycles. The lowest BCUT2D eigenvalue weighted by atomic mass is 10.0. The minimum atomic E-state index is -0.286. The van der Waals surface area contributed by atoms with E-state index in [4.69, 9.17) is 4.42 Å². The molecule has 32 heavy (non-hydrogen) atoms. The van der Waals surface area contributed by atoms with E-state index in [1.807, 2.05) is 48.5 Å². The second-order valence-electron chi connectivity index (χ2n) is 8.01. The van der Waals surface area contributed by atoms with Gasteiger partial charge in [-0.15, -0.1) is 0 Å². The van der Waals surface area contributed by atoms with Gasteiger partial charge in [-0.3, -0.25) is 4.79 Å². The summed E-state index contributed by atoms with van der Waals surface area (Å²) in [6.07, 6.45) is 1.32. The van der Waals surface area contributed by atoms with Crippen molar-refractivity contribution < 1.29 is 9.21 Å². The number of nitrogens with zero attached hydrogens (tertiary/aromatic N) is 3. The summed E-state index contributed by atoms with van der Waals surface area (Å²) in [6, 6.07) is 22.1. The first-order chi connectivity index (χ1) is 15.7. The number of carbonyl (C=O) groups is 1. The summed E-state index contributed by atoms with van der Waals surface area (Å²) in [7, 11) is 0. The average molecular weight is 427 g/mol. The molecular formula is C26H26N4O2. The molecule has 0 bridgehead atoms. The van der Waals surface area contributed by atoms with Crippen molar-refractivity contribution in [2.24, 2.45) is 0 Å². The highest BCUT2D eigenvalue weighted by Gasteiger charge is 2.19. The van der Waals surface area contributed by atoms with E-state index in [1.54, 1.807) is 0 Å². The maximum absolute atomic E-state index is 12.9. The zero-order valence-corrected chi connectivity index (χ0v) is 18.1. The zero-order valence-electron chi connectivity index (χ0n) is 18.1. The van der Waals surface area contributed by atoms with Gasteiger partial charge in [0.05, 0.1) is 0 Å². The Morgan fingerprint density at radius 1 is 0.969 bits per heavy atom. The number of hydrogen-bond donors (Lipinski definition) is 1. The maximum atomic E-state index is 12.9. The van der Waals surface area contributed by atoms with Crippen LogP contribution in [0.2, 0.25) is 0 Å². The molecule has 1 aliphatic heterocycles. The van der Waals surface area contributed by atoms with E-state index in [0.29, 0.717) is 5.76 Å². The van der Waals surface area contributed by atoms with E-state index in [0.717, 1.165) is 54.7 Å². The lowest BCUT2D eigenvalue weighted by Crippen LogP contribution is -2.46. The van der Waals surface area contributed by atoms with Crippen molar-refractivity contribution in [2.45, 2.75) is 6.92 Å². The minimum Gasteiger partial charge on any atom is -0.443 e. The van der Waals surface area contributed by atoms with Gasteiger partial charge in [-0.05, 0) is 47.6 Å². The highest BCUT2D eigenvalue weighted by molar-refractivity contribution is 6.06. The molecule has 2 heterocycles. The highest BCUT2D eigenvalue weighted by Crippen LogP contribution is 2.28. The fraction of sp³-hybridized carbons (Fsp3) is 0.231. The topological polar surface area (TPSA) is 61.6 Å². The van der Waals surface area contributed by atoms with Gasteiger partial charge in [-0.2, -0.15) is 0 Å². The zero-order chi connectivity index (χ0) is 21.9. The van der Waals surface area contributed by atoms with Gasteiger partial charge in [0.15, 0.2) is 17.8 Å². The molecule has 1 N–H and O–H groups in total. The third-order valence-corrected chi connectivity index (χ3v) is 6.10. The molecule has 3 aromatic carbocycles. The standard InChI is InChI=1S/C26H26N4O2/c1-2-29-13-15-30(16-14-29)23-11-9-22(10-12-23)28-26(31)24-25(32-18-27-24)21-8-7-19-5-3-4-6-20(19)17-21/h3-12,17-18H,2,13-16H2,1H3,(H,28,31). The summed E-state index contributed by atoms with van der Waals surface area (Å²) < 4.78 is 5.59. The molecule has 0 radical (unpaired) electrons. The summed E-state index contributed by atoms with van der Waals surface area (Å²) in [5, 5.41) is 5.17. The molecule has 6 nitrogen and oxygen atoms in total. The predicted molar refractivity (Wildman–Crippen MR) is 128 cm³/mol. The SMILES string of the molecule is CCN1CCN(c2ccc(NC(=O)c3ncoc3-c3ccc4ccccc4c3)cc2)CC1. The Morgan fingerprint density at radius 2 is 1.72 bits per heavy atom. The number of nitrogens with one attached hydrogen (secondary N) is 1. The number of carbonyl (C=O) groups excluding carboxylic acids is 1.